The molecule has 2 heterocycles. The Morgan fingerprint density at radius 1 is 0.575 bits per heavy atom. The molecule has 0 saturated carbocycles. The van der Waals surface area contributed by atoms with Crippen LogP contribution in [0, 0.1) is 30.2 Å². The molecule has 6 aromatic carbocycles. The molecule has 0 radical (unpaired) electrons. The zero-order valence-corrected chi connectivity index (χ0v) is 39.4. The zero-order valence-electron chi connectivity index (χ0n) is 39.4. The average Bonchev–Trinajstić information content (AvgIpc) is 3.87. The Morgan fingerprint density at radius 3 is 1.59 bits per heavy atom. The van der Waals surface area contributed by atoms with E-state index in [1.54, 1.807) is 60.9 Å². The molecule has 8 rings (SSSR count). The molecular formula is C60H43F9N4. The molecule has 0 amide bonds. The van der Waals surface area contributed by atoms with Gasteiger partial charge in [-0.1, -0.05) is 85.5 Å². The van der Waals surface area contributed by atoms with Gasteiger partial charge in [0.1, 0.15) is 18.0 Å². The van der Waals surface area contributed by atoms with Crippen LogP contribution in [0.25, 0.3) is 44.9 Å². The monoisotopic (exact) mass is 990 g/mol. The Kier molecular flexibility index (Phi) is 15.3. The third-order valence-electron chi connectivity index (χ3n) is 11.9. The normalized spacial score (nSPS) is 12.7. The molecule has 0 unspecified atom stereocenters. The van der Waals surface area contributed by atoms with Crippen molar-refractivity contribution in [3.05, 3.63) is 265 Å². The second-order valence-electron chi connectivity index (χ2n) is 16.4. The maximum atomic E-state index is 15.2. The molecule has 366 valence electrons. The molecule has 13 heteroatoms. The highest BCUT2D eigenvalue weighted by atomic mass is 19.2. The van der Waals surface area contributed by atoms with Gasteiger partial charge in [0.15, 0.2) is 34.9 Å². The minimum atomic E-state index is -2.17. The number of pyridine rings is 1. The van der Waals surface area contributed by atoms with Crippen molar-refractivity contribution < 1.29 is 39.5 Å². The van der Waals surface area contributed by atoms with Gasteiger partial charge in [0, 0.05) is 57.8 Å². The van der Waals surface area contributed by atoms with Crippen LogP contribution in [0.1, 0.15) is 25.0 Å². The highest BCUT2D eigenvalue weighted by molar-refractivity contribution is 5.83. The van der Waals surface area contributed by atoms with Crippen LogP contribution < -0.4 is 9.80 Å². The van der Waals surface area contributed by atoms with Gasteiger partial charge in [-0.05, 0) is 140 Å². The van der Waals surface area contributed by atoms with Gasteiger partial charge >= 0.3 is 0 Å². The lowest BCUT2D eigenvalue weighted by atomic mass is 10.00. The summed E-state index contributed by atoms with van der Waals surface area (Å²) in [6.45, 7) is 7.65. The van der Waals surface area contributed by atoms with Gasteiger partial charge in [-0.15, -0.1) is 0 Å². The second-order valence-corrected chi connectivity index (χ2v) is 16.4. The first-order chi connectivity index (χ1) is 35.3. The molecule has 0 aliphatic rings. The van der Waals surface area contributed by atoms with Crippen molar-refractivity contribution >= 4 is 34.0 Å². The fourth-order valence-corrected chi connectivity index (χ4v) is 8.49. The maximum absolute atomic E-state index is 15.2. The molecule has 2 aromatic heterocycles. The third kappa shape index (κ3) is 10.2. The smallest absolute Gasteiger partial charge is 0.197 e. The van der Waals surface area contributed by atoms with Crippen LogP contribution >= 0.6 is 0 Å². The summed E-state index contributed by atoms with van der Waals surface area (Å²) in [7, 11) is 0. The Balaban J connectivity index is 1.15. The Hall–Kier alpha value is -8.84. The van der Waals surface area contributed by atoms with Gasteiger partial charge in [-0.3, -0.25) is 4.98 Å². The largest absolute Gasteiger partial charge is 0.311 e. The molecule has 0 saturated heterocycles. The topological polar surface area (TPSA) is 24.3 Å². The maximum Gasteiger partial charge on any atom is 0.197 e. The molecule has 0 spiro atoms. The summed E-state index contributed by atoms with van der Waals surface area (Å²) in [6, 6.07) is 45.0. The molecule has 0 aliphatic carbocycles. The lowest BCUT2D eigenvalue weighted by Gasteiger charge is -2.27. The molecule has 8 aromatic rings. The van der Waals surface area contributed by atoms with Crippen molar-refractivity contribution in [1.29, 1.82) is 0 Å². The number of aromatic nitrogens is 2. The summed E-state index contributed by atoms with van der Waals surface area (Å²) in [5.41, 5.74) is 6.03. The van der Waals surface area contributed by atoms with E-state index in [0.29, 0.717) is 22.8 Å². The van der Waals surface area contributed by atoms with Crippen molar-refractivity contribution in [3.8, 4) is 39.3 Å². The van der Waals surface area contributed by atoms with Gasteiger partial charge < -0.3 is 14.4 Å². The van der Waals surface area contributed by atoms with E-state index in [1.807, 2.05) is 120 Å². The lowest BCUT2D eigenvalue weighted by Crippen LogP contribution is -2.15. The summed E-state index contributed by atoms with van der Waals surface area (Å²) in [6.07, 6.45) is 9.58. The standard InChI is InChI=1S/C60H43F9N4/c1-5-10-43(11-6-2)71(47-26-18-41(19-27-47)53(38(4)62)58(67)57(66)50(63)36-61)45-22-14-39(15-23-45)51-30-31-52(73(51)44-12-8-7-9-13-44)40-16-24-46(25-17-40)72(49-32-34-70-35-33-49)48-28-20-42(21-29-48)54-55(64)37(3)56(65)60(69)59(54)68/h5-36H,1H2,2-4H3/b11-6-,43-10+,50-36-,53-38+,58-57-. The minimum absolute atomic E-state index is 0.0276. The first-order valence-corrected chi connectivity index (χ1v) is 22.6. The molecule has 0 fully saturated rings. The third-order valence-corrected chi connectivity index (χ3v) is 11.9. The summed E-state index contributed by atoms with van der Waals surface area (Å²) < 4.78 is 131. The van der Waals surface area contributed by atoms with Gasteiger partial charge in [0.2, 0.25) is 0 Å². The number of allylic oxidation sites excluding steroid dienone is 9. The quantitative estimate of drug-likeness (QED) is 0.0443. The van der Waals surface area contributed by atoms with Crippen LogP contribution in [0.4, 0.5) is 68.0 Å². The van der Waals surface area contributed by atoms with Crippen molar-refractivity contribution in [1.82, 2.24) is 9.55 Å². The SMILES string of the molecule is C=C/C=C(\C=C/C)N(c1ccc(C(/C(F)=C(F)\C(F)=C\F)=C(/C)F)cc1)c1ccc(-c2ccc(-c3ccc(N(c4ccncc4)c4ccc(-c5c(F)c(C)c(F)c(F)c5F)cc4)cc3)n2-c2ccccc2)cc1. The van der Waals surface area contributed by atoms with E-state index in [-0.39, 0.29) is 11.1 Å². The van der Waals surface area contributed by atoms with E-state index >= 15 is 8.78 Å². The number of hydrogen-bond acceptors (Lipinski definition) is 3. The van der Waals surface area contributed by atoms with Crippen molar-refractivity contribution in [2.45, 2.75) is 20.8 Å². The van der Waals surface area contributed by atoms with E-state index in [4.69, 9.17) is 0 Å². The minimum Gasteiger partial charge on any atom is -0.311 e. The van der Waals surface area contributed by atoms with Crippen LogP contribution in [0.2, 0.25) is 0 Å². The highest BCUT2D eigenvalue weighted by Gasteiger charge is 2.26. The summed E-state index contributed by atoms with van der Waals surface area (Å²) in [5.74, 6) is -13.4. The number of para-hydroxylation sites is 1. The molecular weight excluding hydrogens is 948 g/mol. The number of hydrogen-bond donors (Lipinski definition) is 0. The molecule has 4 nitrogen and oxygen atoms in total. The van der Waals surface area contributed by atoms with Crippen molar-refractivity contribution in [2.24, 2.45) is 0 Å². The van der Waals surface area contributed by atoms with Crippen LogP contribution in [0.5, 0.6) is 0 Å². The fourth-order valence-electron chi connectivity index (χ4n) is 8.49. The average molecular weight is 991 g/mol. The predicted molar refractivity (Wildman–Crippen MR) is 274 cm³/mol. The molecule has 0 aliphatic heterocycles. The molecule has 73 heavy (non-hydrogen) atoms. The molecule has 0 bridgehead atoms. The van der Waals surface area contributed by atoms with E-state index in [2.05, 4.69) is 16.1 Å². The first kappa shape index (κ1) is 50.5. The van der Waals surface area contributed by atoms with Crippen molar-refractivity contribution in [2.75, 3.05) is 9.80 Å². The van der Waals surface area contributed by atoms with Gasteiger partial charge in [-0.25, -0.2) is 39.5 Å². The van der Waals surface area contributed by atoms with Gasteiger partial charge in [-0.2, -0.15) is 0 Å². The Labute approximate surface area is 416 Å². The predicted octanol–water partition coefficient (Wildman–Crippen LogP) is 18.6. The first-order valence-electron chi connectivity index (χ1n) is 22.6. The van der Waals surface area contributed by atoms with E-state index in [1.165, 1.54) is 24.3 Å². The van der Waals surface area contributed by atoms with Crippen LogP contribution in [-0.4, -0.2) is 9.55 Å². The zero-order chi connectivity index (χ0) is 51.9. The van der Waals surface area contributed by atoms with Gasteiger partial charge in [0.05, 0.1) is 22.5 Å². The number of rotatable bonds is 15. The molecule has 0 atom stereocenters. The van der Waals surface area contributed by atoms with E-state index < -0.39 is 69.6 Å². The second kappa shape index (κ2) is 22.1. The van der Waals surface area contributed by atoms with Crippen LogP contribution in [0.15, 0.2) is 230 Å². The lowest BCUT2D eigenvalue weighted by molar-refractivity contribution is 0.431. The fraction of sp³-hybridized carbons (Fsp3) is 0.0500. The number of halogens is 9. The highest BCUT2D eigenvalue weighted by Crippen LogP contribution is 2.41. The Bertz CT molecular complexity index is 3420. The van der Waals surface area contributed by atoms with Crippen molar-refractivity contribution in [3.63, 3.8) is 0 Å². The molecule has 0 N–H and O–H groups in total. The van der Waals surface area contributed by atoms with E-state index in [0.717, 1.165) is 53.4 Å². The van der Waals surface area contributed by atoms with Crippen LogP contribution in [-0.2, 0) is 0 Å². The summed E-state index contributed by atoms with van der Waals surface area (Å²) >= 11 is 0. The van der Waals surface area contributed by atoms with Gasteiger partial charge in [0.25, 0.3) is 0 Å². The summed E-state index contributed by atoms with van der Waals surface area (Å²) in [5, 5.41) is 0. The van der Waals surface area contributed by atoms with E-state index in [9.17, 15) is 30.7 Å². The number of benzene rings is 6. The van der Waals surface area contributed by atoms with Crippen LogP contribution in [0.3, 0.4) is 0 Å². The number of anilines is 5. The Morgan fingerprint density at radius 2 is 1.08 bits per heavy atom. The summed E-state index contributed by atoms with van der Waals surface area (Å²) in [4.78, 5) is 7.96. The number of nitrogens with zero attached hydrogens (tertiary/aromatic N) is 4.